The molecule has 0 saturated carbocycles. The molecule has 2 aromatic heterocycles. The lowest BCUT2D eigenvalue weighted by atomic mass is 10.0. The lowest BCUT2D eigenvalue weighted by Crippen LogP contribution is -2.35. The number of nitrogens with zero attached hydrogens (tertiary/aromatic N) is 2. The number of carbonyl (C=O) groups excluding carboxylic acids is 1. The summed E-state index contributed by atoms with van der Waals surface area (Å²) in [6.07, 6.45) is 4.53. The number of benzene rings is 1. The Morgan fingerprint density at radius 2 is 1.81 bits per heavy atom. The molecule has 1 aromatic carbocycles. The quantitative estimate of drug-likeness (QED) is 0.594. The van der Waals surface area contributed by atoms with E-state index in [1.807, 2.05) is 12.1 Å². The summed E-state index contributed by atoms with van der Waals surface area (Å²) in [7, 11) is -3.92. The van der Waals surface area contributed by atoms with Crippen molar-refractivity contribution in [1.29, 1.82) is 0 Å². The minimum absolute atomic E-state index is 0.132. The summed E-state index contributed by atoms with van der Waals surface area (Å²) in [5.74, 6) is 0.468. The van der Waals surface area contributed by atoms with Crippen LogP contribution in [0.4, 0.5) is 5.69 Å². The van der Waals surface area contributed by atoms with Crippen molar-refractivity contribution < 1.29 is 17.6 Å². The third-order valence-corrected chi connectivity index (χ3v) is 6.69. The SMILES string of the molecule is CC(C)c1ccc(NS(=O)(=O)c2ccc(-c3[nH]ncc3C(=O)N3CCCCC3)o2)cc1. The molecule has 31 heavy (non-hydrogen) atoms. The van der Waals surface area contributed by atoms with Crippen LogP contribution in [0.5, 0.6) is 0 Å². The fourth-order valence-electron chi connectivity index (χ4n) is 3.64. The highest BCUT2D eigenvalue weighted by Crippen LogP contribution is 2.28. The van der Waals surface area contributed by atoms with Crippen molar-refractivity contribution in [2.24, 2.45) is 0 Å². The fourth-order valence-corrected chi connectivity index (χ4v) is 4.64. The van der Waals surface area contributed by atoms with E-state index in [-0.39, 0.29) is 16.8 Å². The molecular weight excluding hydrogens is 416 g/mol. The number of H-pyrrole nitrogens is 1. The van der Waals surface area contributed by atoms with E-state index in [0.717, 1.165) is 24.8 Å². The van der Waals surface area contributed by atoms with Crippen LogP contribution in [-0.4, -0.2) is 42.5 Å². The van der Waals surface area contributed by atoms with Crippen molar-refractivity contribution in [2.45, 2.75) is 44.1 Å². The number of hydrogen-bond acceptors (Lipinski definition) is 5. The molecule has 0 spiro atoms. The number of carbonyl (C=O) groups is 1. The molecule has 2 N–H and O–H groups in total. The van der Waals surface area contributed by atoms with Crippen LogP contribution in [0, 0.1) is 0 Å². The van der Waals surface area contributed by atoms with Gasteiger partial charge in [0.15, 0.2) is 5.76 Å². The molecule has 4 rings (SSSR count). The molecule has 0 aliphatic carbocycles. The molecule has 1 aliphatic heterocycles. The van der Waals surface area contributed by atoms with Crippen LogP contribution in [0.3, 0.4) is 0 Å². The predicted octanol–water partition coefficient (Wildman–Crippen LogP) is 4.22. The normalized spacial score (nSPS) is 14.7. The third-order valence-electron chi connectivity index (χ3n) is 5.44. The van der Waals surface area contributed by atoms with Gasteiger partial charge in [-0.2, -0.15) is 13.5 Å². The molecule has 3 heterocycles. The van der Waals surface area contributed by atoms with E-state index >= 15 is 0 Å². The highest BCUT2D eigenvalue weighted by atomic mass is 32.2. The Bertz CT molecular complexity index is 1160. The van der Waals surface area contributed by atoms with Gasteiger partial charge in [-0.25, -0.2) is 0 Å². The molecule has 1 amide bonds. The topological polar surface area (TPSA) is 108 Å². The van der Waals surface area contributed by atoms with E-state index in [1.54, 1.807) is 17.0 Å². The van der Waals surface area contributed by atoms with Gasteiger partial charge < -0.3 is 9.32 Å². The summed E-state index contributed by atoms with van der Waals surface area (Å²) in [5, 5.41) is 6.51. The summed E-state index contributed by atoms with van der Waals surface area (Å²) in [4.78, 5) is 14.7. The summed E-state index contributed by atoms with van der Waals surface area (Å²) in [6, 6.07) is 10.1. The molecular formula is C22H26N4O4S. The summed E-state index contributed by atoms with van der Waals surface area (Å²) >= 11 is 0. The lowest BCUT2D eigenvalue weighted by molar-refractivity contribution is 0.0725. The number of nitrogens with one attached hydrogen (secondary N) is 2. The van der Waals surface area contributed by atoms with Crippen LogP contribution in [0.25, 0.3) is 11.5 Å². The Morgan fingerprint density at radius 1 is 1.10 bits per heavy atom. The van der Waals surface area contributed by atoms with E-state index in [9.17, 15) is 13.2 Å². The first-order valence-electron chi connectivity index (χ1n) is 10.4. The highest BCUT2D eigenvalue weighted by molar-refractivity contribution is 7.92. The zero-order chi connectivity index (χ0) is 22.0. The van der Waals surface area contributed by atoms with E-state index in [2.05, 4.69) is 28.8 Å². The van der Waals surface area contributed by atoms with Crippen LogP contribution in [0.15, 0.2) is 52.1 Å². The van der Waals surface area contributed by atoms with Gasteiger partial charge in [-0.1, -0.05) is 26.0 Å². The van der Waals surface area contributed by atoms with Gasteiger partial charge >= 0.3 is 0 Å². The maximum absolute atomic E-state index is 12.9. The molecule has 0 unspecified atom stereocenters. The van der Waals surface area contributed by atoms with Crippen molar-refractivity contribution in [3.8, 4) is 11.5 Å². The average molecular weight is 443 g/mol. The summed E-state index contributed by atoms with van der Waals surface area (Å²) in [6.45, 7) is 5.56. The zero-order valence-corrected chi connectivity index (χ0v) is 18.4. The van der Waals surface area contributed by atoms with Gasteiger partial charge in [0, 0.05) is 18.8 Å². The van der Waals surface area contributed by atoms with Crippen LogP contribution in [0.1, 0.15) is 54.9 Å². The van der Waals surface area contributed by atoms with Crippen LogP contribution >= 0.6 is 0 Å². The maximum Gasteiger partial charge on any atom is 0.295 e. The number of hydrogen-bond donors (Lipinski definition) is 2. The number of aromatic amines is 1. The molecule has 8 nitrogen and oxygen atoms in total. The van der Waals surface area contributed by atoms with Crippen molar-refractivity contribution in [3.05, 3.63) is 53.7 Å². The number of sulfonamides is 1. The van der Waals surface area contributed by atoms with Crippen molar-refractivity contribution in [1.82, 2.24) is 15.1 Å². The summed E-state index contributed by atoms with van der Waals surface area (Å²) < 4.78 is 33.7. The van der Waals surface area contributed by atoms with Crippen LogP contribution < -0.4 is 4.72 Å². The first-order chi connectivity index (χ1) is 14.8. The maximum atomic E-state index is 12.9. The van der Waals surface area contributed by atoms with Gasteiger partial charge in [-0.15, -0.1) is 0 Å². The molecule has 1 saturated heterocycles. The second-order valence-corrected chi connectivity index (χ2v) is 9.63. The standard InChI is InChI=1S/C22H26N4O4S/c1-15(2)16-6-8-17(9-7-16)25-31(28,29)20-11-10-19(30-20)21-18(14-23-24-21)22(27)26-12-4-3-5-13-26/h6-11,14-15,25H,3-5,12-13H2,1-2H3,(H,23,24). The second kappa shape index (κ2) is 8.58. The largest absolute Gasteiger partial charge is 0.441 e. The molecule has 9 heteroatoms. The summed E-state index contributed by atoms with van der Waals surface area (Å²) in [5.41, 5.74) is 2.31. The lowest BCUT2D eigenvalue weighted by Gasteiger charge is -2.26. The number of aromatic nitrogens is 2. The van der Waals surface area contributed by atoms with Gasteiger partial charge in [-0.3, -0.25) is 14.6 Å². The molecule has 0 radical (unpaired) electrons. The Labute approximate surface area is 181 Å². The van der Waals surface area contributed by atoms with Crippen molar-refractivity contribution >= 4 is 21.6 Å². The number of likely N-dealkylation sites (tertiary alicyclic amines) is 1. The molecule has 164 valence electrons. The van der Waals surface area contributed by atoms with E-state index < -0.39 is 10.0 Å². The van der Waals surface area contributed by atoms with E-state index in [1.165, 1.54) is 18.3 Å². The number of furan rings is 1. The van der Waals surface area contributed by atoms with Crippen LogP contribution in [-0.2, 0) is 10.0 Å². The number of amides is 1. The van der Waals surface area contributed by atoms with Crippen molar-refractivity contribution in [3.63, 3.8) is 0 Å². The Kier molecular flexibility index (Phi) is 5.86. The zero-order valence-electron chi connectivity index (χ0n) is 17.6. The smallest absolute Gasteiger partial charge is 0.295 e. The van der Waals surface area contributed by atoms with E-state index in [0.29, 0.717) is 36.0 Å². The Morgan fingerprint density at radius 3 is 2.48 bits per heavy atom. The van der Waals surface area contributed by atoms with Gasteiger partial charge in [0.1, 0.15) is 5.69 Å². The Balaban J connectivity index is 1.54. The van der Waals surface area contributed by atoms with Gasteiger partial charge in [-0.05, 0) is 55.0 Å². The van der Waals surface area contributed by atoms with E-state index in [4.69, 9.17) is 4.42 Å². The van der Waals surface area contributed by atoms with Crippen LogP contribution in [0.2, 0.25) is 0 Å². The van der Waals surface area contributed by atoms with Gasteiger partial charge in [0.05, 0.1) is 11.8 Å². The minimum Gasteiger partial charge on any atom is -0.441 e. The first kappa shape index (κ1) is 21.2. The first-order valence-corrected chi connectivity index (χ1v) is 11.9. The minimum atomic E-state index is -3.92. The number of piperidine rings is 1. The Hall–Kier alpha value is -3.07. The molecule has 1 fully saturated rings. The average Bonchev–Trinajstić information content (AvgIpc) is 3.44. The van der Waals surface area contributed by atoms with Gasteiger partial charge in [0.25, 0.3) is 15.9 Å². The predicted molar refractivity (Wildman–Crippen MR) is 117 cm³/mol. The molecule has 3 aromatic rings. The monoisotopic (exact) mass is 442 g/mol. The highest BCUT2D eigenvalue weighted by Gasteiger charge is 2.26. The molecule has 1 aliphatic rings. The molecule has 0 bridgehead atoms. The van der Waals surface area contributed by atoms with Crippen molar-refractivity contribution in [2.75, 3.05) is 17.8 Å². The molecule has 0 atom stereocenters. The second-order valence-electron chi connectivity index (χ2n) is 8.01. The number of anilines is 1. The van der Waals surface area contributed by atoms with Gasteiger partial charge in [0.2, 0.25) is 5.09 Å². The third kappa shape index (κ3) is 4.51. The number of rotatable bonds is 6. The fraction of sp³-hybridized carbons (Fsp3) is 0.364.